The molecule has 0 saturated heterocycles. The fourth-order valence-corrected chi connectivity index (χ4v) is 3.67. The second-order valence-electron chi connectivity index (χ2n) is 8.23. The zero-order valence-electron chi connectivity index (χ0n) is 20.8. The quantitative estimate of drug-likeness (QED) is 0.323. The van der Waals surface area contributed by atoms with Gasteiger partial charge in [-0.2, -0.15) is 10.2 Å². The summed E-state index contributed by atoms with van der Waals surface area (Å²) in [5, 5.41) is 13.8. The molecule has 190 valence electrons. The van der Waals surface area contributed by atoms with Gasteiger partial charge in [-0.25, -0.2) is 0 Å². The van der Waals surface area contributed by atoms with Crippen LogP contribution in [0.5, 0.6) is 11.5 Å². The topological polar surface area (TPSA) is 112 Å². The predicted octanol–water partition coefficient (Wildman–Crippen LogP) is 3.32. The van der Waals surface area contributed by atoms with Gasteiger partial charge in [-0.1, -0.05) is 24.3 Å². The van der Waals surface area contributed by atoms with Crippen LogP contribution in [0.3, 0.4) is 0 Å². The Balaban J connectivity index is 1.40. The fourth-order valence-electron chi connectivity index (χ4n) is 3.67. The van der Waals surface area contributed by atoms with Crippen molar-refractivity contribution in [3.8, 4) is 11.5 Å². The molecule has 2 N–H and O–H groups in total. The summed E-state index contributed by atoms with van der Waals surface area (Å²) < 4.78 is 14.4. The van der Waals surface area contributed by atoms with Crippen LogP contribution < -0.4 is 20.1 Å². The van der Waals surface area contributed by atoms with E-state index in [1.807, 2.05) is 54.7 Å². The van der Waals surface area contributed by atoms with Crippen LogP contribution in [-0.2, 0) is 32.0 Å². The third kappa shape index (κ3) is 6.63. The summed E-state index contributed by atoms with van der Waals surface area (Å²) in [7, 11) is 5.04. The Morgan fingerprint density at radius 3 is 2.59 bits per heavy atom. The first-order valence-electron chi connectivity index (χ1n) is 11.5. The van der Waals surface area contributed by atoms with Gasteiger partial charge in [-0.3, -0.25) is 19.0 Å². The Labute approximate surface area is 214 Å². The second kappa shape index (κ2) is 11.7. The zero-order valence-corrected chi connectivity index (χ0v) is 20.8. The molecular formula is C27H28N6O4. The summed E-state index contributed by atoms with van der Waals surface area (Å²) in [5.41, 5.74) is 3.06. The van der Waals surface area contributed by atoms with Crippen molar-refractivity contribution < 1.29 is 19.1 Å². The number of nitrogens with zero attached hydrogens (tertiary/aromatic N) is 4. The number of hydrogen-bond donors (Lipinski definition) is 2. The van der Waals surface area contributed by atoms with Gasteiger partial charge in [0.15, 0.2) is 0 Å². The van der Waals surface area contributed by atoms with Crippen LogP contribution >= 0.6 is 0 Å². The average molecular weight is 501 g/mol. The average Bonchev–Trinajstić information content (AvgIpc) is 3.49. The molecule has 0 fully saturated rings. The van der Waals surface area contributed by atoms with Gasteiger partial charge in [0.25, 0.3) is 5.91 Å². The number of aromatic nitrogens is 4. The molecule has 4 aromatic rings. The number of amides is 2. The molecule has 0 aliphatic heterocycles. The van der Waals surface area contributed by atoms with Gasteiger partial charge >= 0.3 is 0 Å². The van der Waals surface area contributed by atoms with E-state index < -0.39 is 5.91 Å². The maximum absolute atomic E-state index is 12.8. The first kappa shape index (κ1) is 25.2. The third-order valence-corrected chi connectivity index (χ3v) is 5.49. The molecule has 2 aromatic carbocycles. The van der Waals surface area contributed by atoms with Crippen LogP contribution in [0.4, 0.5) is 5.69 Å². The van der Waals surface area contributed by atoms with E-state index in [0.29, 0.717) is 24.6 Å². The van der Waals surface area contributed by atoms with E-state index in [9.17, 15) is 9.59 Å². The Bertz CT molecular complexity index is 1410. The highest BCUT2D eigenvalue weighted by molar-refractivity contribution is 6.06. The lowest BCUT2D eigenvalue weighted by Crippen LogP contribution is -2.26. The van der Waals surface area contributed by atoms with Crippen molar-refractivity contribution in [1.82, 2.24) is 24.9 Å². The molecule has 0 aliphatic carbocycles. The molecule has 0 unspecified atom stereocenters. The van der Waals surface area contributed by atoms with Gasteiger partial charge < -0.3 is 20.1 Å². The number of hydrogen-bond acceptors (Lipinski definition) is 6. The molecule has 10 heteroatoms. The van der Waals surface area contributed by atoms with Crippen LogP contribution in [-0.4, -0.2) is 38.5 Å². The fraction of sp³-hybridized carbons (Fsp3) is 0.185. The van der Waals surface area contributed by atoms with Crippen molar-refractivity contribution in [2.24, 2.45) is 14.1 Å². The molecule has 0 atom stereocenters. The van der Waals surface area contributed by atoms with Gasteiger partial charge in [0.05, 0.1) is 25.2 Å². The minimum absolute atomic E-state index is 0.246. The van der Waals surface area contributed by atoms with Crippen LogP contribution in [0, 0.1) is 0 Å². The highest BCUT2D eigenvalue weighted by atomic mass is 16.5. The molecule has 2 amide bonds. The van der Waals surface area contributed by atoms with Crippen LogP contribution in [0.15, 0.2) is 73.2 Å². The molecule has 2 aromatic heterocycles. The number of carbonyl (C=O) groups excluding carboxylic acids is 2. The summed E-state index contributed by atoms with van der Waals surface area (Å²) >= 11 is 0. The van der Waals surface area contributed by atoms with E-state index >= 15 is 0 Å². The lowest BCUT2D eigenvalue weighted by molar-refractivity contribution is -0.111. The van der Waals surface area contributed by atoms with Gasteiger partial charge in [0.2, 0.25) is 5.91 Å². The minimum atomic E-state index is -0.396. The molecule has 4 rings (SSSR count). The van der Waals surface area contributed by atoms with Crippen molar-refractivity contribution in [2.75, 3.05) is 12.4 Å². The largest absolute Gasteiger partial charge is 0.496 e. The highest BCUT2D eigenvalue weighted by Gasteiger charge is 2.18. The Kier molecular flexibility index (Phi) is 7.99. The van der Waals surface area contributed by atoms with E-state index in [1.54, 1.807) is 38.2 Å². The predicted molar refractivity (Wildman–Crippen MR) is 139 cm³/mol. The first-order chi connectivity index (χ1) is 17.9. The highest BCUT2D eigenvalue weighted by Crippen LogP contribution is 2.23. The number of aryl methyl sites for hydroxylation is 2. The maximum atomic E-state index is 12.8. The van der Waals surface area contributed by atoms with Crippen molar-refractivity contribution in [3.63, 3.8) is 0 Å². The third-order valence-electron chi connectivity index (χ3n) is 5.49. The normalized spacial score (nSPS) is 10.9. The number of para-hydroxylation sites is 1. The number of anilines is 1. The van der Waals surface area contributed by atoms with Gasteiger partial charge in [0.1, 0.15) is 23.8 Å². The number of ether oxygens (including phenoxy) is 2. The summed E-state index contributed by atoms with van der Waals surface area (Å²) in [4.78, 5) is 25.4. The molecule has 10 nitrogen and oxygen atoms in total. The number of rotatable bonds is 10. The van der Waals surface area contributed by atoms with Crippen molar-refractivity contribution in [3.05, 3.63) is 95.6 Å². The second-order valence-corrected chi connectivity index (χ2v) is 8.23. The SMILES string of the molecule is COc1ccc(/C=C/C(=O)Nc2cnn(C)c2C(=O)NCc2cnn(C)c2)cc1COc1ccccc1. The monoisotopic (exact) mass is 500 g/mol. The Morgan fingerprint density at radius 1 is 1.05 bits per heavy atom. The number of benzene rings is 2. The molecule has 2 heterocycles. The van der Waals surface area contributed by atoms with E-state index in [0.717, 1.165) is 22.4 Å². The van der Waals surface area contributed by atoms with Crippen LogP contribution in [0.25, 0.3) is 6.08 Å². The van der Waals surface area contributed by atoms with E-state index in [1.165, 1.54) is 17.0 Å². The van der Waals surface area contributed by atoms with Gasteiger partial charge in [-0.15, -0.1) is 0 Å². The Hall–Kier alpha value is -4.86. The lowest BCUT2D eigenvalue weighted by atomic mass is 10.1. The van der Waals surface area contributed by atoms with Gasteiger partial charge in [-0.05, 0) is 35.9 Å². The zero-order chi connectivity index (χ0) is 26.2. The summed E-state index contributed by atoms with van der Waals surface area (Å²) in [6.45, 7) is 0.618. The standard InChI is InChI=1S/C27H28N6O4/c1-32-17-20(15-29-32)14-28-27(35)26-23(16-30-33(26)2)31-25(34)12-10-19-9-11-24(36-3)21(13-19)18-37-22-7-5-4-6-8-22/h4-13,15-17H,14,18H2,1-3H3,(H,28,35)(H,31,34)/b12-10+. The smallest absolute Gasteiger partial charge is 0.271 e. The molecule has 0 bridgehead atoms. The molecule has 37 heavy (non-hydrogen) atoms. The van der Waals surface area contributed by atoms with Crippen molar-refractivity contribution in [2.45, 2.75) is 13.2 Å². The van der Waals surface area contributed by atoms with E-state index in [2.05, 4.69) is 20.8 Å². The molecule has 0 saturated carbocycles. The number of carbonyl (C=O) groups is 2. The summed E-state index contributed by atoms with van der Waals surface area (Å²) in [6.07, 6.45) is 8.01. The van der Waals surface area contributed by atoms with E-state index in [4.69, 9.17) is 9.47 Å². The van der Waals surface area contributed by atoms with Crippen molar-refractivity contribution >= 4 is 23.6 Å². The molecular weight excluding hydrogens is 472 g/mol. The molecule has 0 aliphatic rings. The summed E-state index contributed by atoms with van der Waals surface area (Å²) in [6, 6.07) is 15.1. The Morgan fingerprint density at radius 2 is 1.86 bits per heavy atom. The van der Waals surface area contributed by atoms with Gasteiger partial charge in [0, 0.05) is 44.0 Å². The number of nitrogens with one attached hydrogen (secondary N) is 2. The van der Waals surface area contributed by atoms with Crippen LogP contribution in [0.1, 0.15) is 27.2 Å². The first-order valence-corrected chi connectivity index (χ1v) is 11.5. The minimum Gasteiger partial charge on any atom is -0.496 e. The number of methoxy groups -OCH3 is 1. The molecule has 0 spiro atoms. The lowest BCUT2D eigenvalue weighted by Gasteiger charge is -2.11. The van der Waals surface area contributed by atoms with E-state index in [-0.39, 0.29) is 11.6 Å². The van der Waals surface area contributed by atoms with Crippen molar-refractivity contribution in [1.29, 1.82) is 0 Å². The summed E-state index contributed by atoms with van der Waals surface area (Å²) in [5.74, 6) is 0.685. The molecule has 0 radical (unpaired) electrons. The van der Waals surface area contributed by atoms with Crippen LogP contribution in [0.2, 0.25) is 0 Å². The maximum Gasteiger partial charge on any atom is 0.271 e.